The van der Waals surface area contributed by atoms with Gasteiger partial charge in [-0.2, -0.15) is 13.2 Å². The van der Waals surface area contributed by atoms with Crippen LogP contribution in [-0.2, 0) is 6.18 Å². The molecule has 19 heavy (non-hydrogen) atoms. The van der Waals surface area contributed by atoms with Crippen LogP contribution in [0, 0.1) is 6.92 Å². The van der Waals surface area contributed by atoms with Crippen LogP contribution < -0.4 is 0 Å². The van der Waals surface area contributed by atoms with Gasteiger partial charge >= 0.3 is 6.18 Å². The van der Waals surface area contributed by atoms with E-state index in [1.807, 2.05) is 0 Å². The molecule has 1 saturated carbocycles. The predicted octanol–water partition coefficient (Wildman–Crippen LogP) is 3.50. The van der Waals surface area contributed by atoms with Crippen molar-refractivity contribution in [1.82, 2.24) is 0 Å². The minimum absolute atomic E-state index is 0.178. The summed E-state index contributed by atoms with van der Waals surface area (Å²) in [5.41, 5.74) is -1.75. The minimum Gasteiger partial charge on any atom is -0.382 e. The maximum absolute atomic E-state index is 12.5. The molecule has 0 saturated heterocycles. The molecule has 1 N–H and O–H groups in total. The number of ketones is 1. The van der Waals surface area contributed by atoms with Crippen LogP contribution >= 0.6 is 0 Å². The maximum Gasteiger partial charge on any atom is 0.416 e. The van der Waals surface area contributed by atoms with E-state index in [1.54, 1.807) is 0 Å². The van der Waals surface area contributed by atoms with Gasteiger partial charge in [0.1, 0.15) is 5.60 Å². The molecule has 1 aliphatic carbocycles. The average Bonchev–Trinajstić information content (AvgIpc) is 2.75. The van der Waals surface area contributed by atoms with E-state index in [4.69, 9.17) is 0 Å². The Labute approximate surface area is 109 Å². The highest BCUT2D eigenvalue weighted by molar-refractivity contribution is 6.03. The number of hydrogen-bond donors (Lipinski definition) is 1. The Kier molecular flexibility index (Phi) is 3.43. The molecule has 5 heteroatoms. The van der Waals surface area contributed by atoms with Gasteiger partial charge in [-0.25, -0.2) is 0 Å². The van der Waals surface area contributed by atoms with E-state index in [0.717, 1.165) is 31.0 Å². The molecule has 0 unspecified atom stereocenters. The monoisotopic (exact) mass is 272 g/mol. The zero-order valence-corrected chi connectivity index (χ0v) is 10.5. The predicted molar refractivity (Wildman–Crippen MR) is 63.9 cm³/mol. The summed E-state index contributed by atoms with van der Waals surface area (Å²) in [5.74, 6) is -0.462. The molecule has 0 spiro atoms. The third-order valence-electron chi connectivity index (χ3n) is 3.65. The van der Waals surface area contributed by atoms with Gasteiger partial charge in [0.2, 0.25) is 0 Å². The third-order valence-corrected chi connectivity index (χ3v) is 3.65. The van der Waals surface area contributed by atoms with Crippen molar-refractivity contribution in [1.29, 1.82) is 0 Å². The number of aliphatic hydroxyl groups is 1. The Morgan fingerprint density at radius 3 is 2.32 bits per heavy atom. The molecule has 1 aliphatic rings. The fourth-order valence-electron chi connectivity index (χ4n) is 2.53. The van der Waals surface area contributed by atoms with E-state index in [-0.39, 0.29) is 11.1 Å². The highest BCUT2D eigenvalue weighted by Gasteiger charge is 2.40. The molecular formula is C14H15F3O2. The number of alkyl halides is 3. The molecule has 1 aromatic rings. The molecule has 1 fully saturated rings. The molecule has 2 nitrogen and oxygen atoms in total. The van der Waals surface area contributed by atoms with Crippen molar-refractivity contribution < 1.29 is 23.1 Å². The van der Waals surface area contributed by atoms with Gasteiger partial charge in [0.05, 0.1) is 5.56 Å². The number of carbonyl (C=O) groups is 1. The summed E-state index contributed by atoms with van der Waals surface area (Å²) >= 11 is 0. The highest BCUT2D eigenvalue weighted by Crippen LogP contribution is 2.35. The SMILES string of the molecule is Cc1cc(C(F)(F)F)ccc1C(=O)C1(O)CCCC1. The lowest BCUT2D eigenvalue weighted by Gasteiger charge is -2.21. The molecule has 2 rings (SSSR count). The summed E-state index contributed by atoms with van der Waals surface area (Å²) in [6.45, 7) is 1.46. The molecular weight excluding hydrogens is 257 g/mol. The fourth-order valence-corrected chi connectivity index (χ4v) is 2.53. The van der Waals surface area contributed by atoms with E-state index < -0.39 is 23.1 Å². The number of Topliss-reactive ketones (excluding diaryl/α,β-unsaturated/α-hetero) is 1. The van der Waals surface area contributed by atoms with E-state index in [2.05, 4.69) is 0 Å². The number of hydrogen-bond acceptors (Lipinski definition) is 2. The van der Waals surface area contributed by atoms with Gasteiger partial charge in [0.15, 0.2) is 5.78 Å². The molecule has 0 amide bonds. The van der Waals surface area contributed by atoms with Crippen molar-refractivity contribution in [2.45, 2.75) is 44.4 Å². The second-order valence-electron chi connectivity index (χ2n) is 5.10. The first kappa shape index (κ1) is 14.1. The first-order valence-electron chi connectivity index (χ1n) is 6.19. The first-order chi connectivity index (χ1) is 8.74. The van der Waals surface area contributed by atoms with Crippen LogP contribution in [0.15, 0.2) is 18.2 Å². The summed E-state index contributed by atoms with van der Waals surface area (Å²) < 4.78 is 37.6. The Bertz CT molecular complexity index is 500. The fraction of sp³-hybridized carbons (Fsp3) is 0.500. The highest BCUT2D eigenvalue weighted by atomic mass is 19.4. The smallest absolute Gasteiger partial charge is 0.382 e. The van der Waals surface area contributed by atoms with Crippen molar-refractivity contribution in [3.05, 3.63) is 34.9 Å². The molecule has 104 valence electrons. The molecule has 0 aromatic heterocycles. The zero-order chi connectivity index (χ0) is 14.3. The van der Waals surface area contributed by atoms with Crippen LogP contribution in [0.4, 0.5) is 13.2 Å². The maximum atomic E-state index is 12.5. The Hall–Kier alpha value is -1.36. The zero-order valence-electron chi connectivity index (χ0n) is 10.5. The molecule has 0 aliphatic heterocycles. The topological polar surface area (TPSA) is 37.3 Å². The van der Waals surface area contributed by atoms with Crippen molar-refractivity contribution in [3.63, 3.8) is 0 Å². The summed E-state index contributed by atoms with van der Waals surface area (Å²) in [6, 6.07) is 3.00. The largest absolute Gasteiger partial charge is 0.416 e. The average molecular weight is 272 g/mol. The molecule has 0 bridgehead atoms. The number of aryl methyl sites for hydroxylation is 1. The van der Waals surface area contributed by atoms with Crippen LogP contribution in [0.3, 0.4) is 0 Å². The van der Waals surface area contributed by atoms with E-state index >= 15 is 0 Å². The van der Waals surface area contributed by atoms with Crippen LogP contribution in [0.25, 0.3) is 0 Å². The van der Waals surface area contributed by atoms with Crippen LogP contribution in [-0.4, -0.2) is 16.5 Å². The van der Waals surface area contributed by atoms with E-state index in [1.165, 1.54) is 6.92 Å². The van der Waals surface area contributed by atoms with Gasteiger partial charge in [-0.05, 0) is 50.3 Å². The number of benzene rings is 1. The van der Waals surface area contributed by atoms with Gasteiger partial charge in [-0.1, -0.05) is 6.07 Å². The van der Waals surface area contributed by atoms with Crippen LogP contribution in [0.1, 0.15) is 47.2 Å². The normalized spacial score (nSPS) is 18.6. The van der Waals surface area contributed by atoms with Gasteiger partial charge in [-0.3, -0.25) is 4.79 Å². The Morgan fingerprint density at radius 1 is 1.26 bits per heavy atom. The second-order valence-corrected chi connectivity index (χ2v) is 5.10. The lowest BCUT2D eigenvalue weighted by molar-refractivity contribution is -0.137. The summed E-state index contributed by atoms with van der Waals surface area (Å²) in [4.78, 5) is 12.2. The number of carbonyl (C=O) groups excluding carboxylic acids is 1. The Balaban J connectivity index is 2.34. The first-order valence-corrected chi connectivity index (χ1v) is 6.19. The lowest BCUT2D eigenvalue weighted by atomic mass is 9.88. The minimum atomic E-state index is -4.42. The number of rotatable bonds is 2. The van der Waals surface area contributed by atoms with Crippen molar-refractivity contribution in [3.8, 4) is 0 Å². The quantitative estimate of drug-likeness (QED) is 0.837. The van der Waals surface area contributed by atoms with Gasteiger partial charge in [0, 0.05) is 5.56 Å². The van der Waals surface area contributed by atoms with Gasteiger partial charge < -0.3 is 5.11 Å². The molecule has 0 radical (unpaired) electrons. The standard InChI is InChI=1S/C14H15F3O2/c1-9-8-10(14(15,16)17)4-5-11(9)12(18)13(19)6-2-3-7-13/h4-5,8,19H,2-3,6-7H2,1H3. The van der Waals surface area contributed by atoms with Crippen molar-refractivity contribution in [2.75, 3.05) is 0 Å². The van der Waals surface area contributed by atoms with Crippen molar-refractivity contribution in [2.24, 2.45) is 0 Å². The Morgan fingerprint density at radius 2 is 1.84 bits per heavy atom. The molecule has 0 heterocycles. The van der Waals surface area contributed by atoms with E-state index in [9.17, 15) is 23.1 Å². The van der Waals surface area contributed by atoms with Gasteiger partial charge in [-0.15, -0.1) is 0 Å². The van der Waals surface area contributed by atoms with Gasteiger partial charge in [0.25, 0.3) is 0 Å². The van der Waals surface area contributed by atoms with Crippen molar-refractivity contribution >= 4 is 5.78 Å². The molecule has 0 atom stereocenters. The summed E-state index contributed by atoms with van der Waals surface area (Å²) in [6.07, 6.45) is -2.13. The third kappa shape index (κ3) is 2.66. The second kappa shape index (κ2) is 4.63. The van der Waals surface area contributed by atoms with Crippen LogP contribution in [0.2, 0.25) is 0 Å². The number of halogens is 3. The van der Waals surface area contributed by atoms with E-state index in [0.29, 0.717) is 12.8 Å². The summed E-state index contributed by atoms with van der Waals surface area (Å²) in [7, 11) is 0. The summed E-state index contributed by atoms with van der Waals surface area (Å²) in [5, 5.41) is 10.2. The van der Waals surface area contributed by atoms with Crippen LogP contribution in [0.5, 0.6) is 0 Å². The molecule has 1 aromatic carbocycles. The lowest BCUT2D eigenvalue weighted by Crippen LogP contribution is -2.35.